The van der Waals surface area contributed by atoms with Crippen molar-refractivity contribution in [3.05, 3.63) is 54.1 Å². The average Bonchev–Trinajstić information content (AvgIpc) is 2.37. The van der Waals surface area contributed by atoms with Crippen molar-refractivity contribution in [1.29, 1.82) is 0 Å². The van der Waals surface area contributed by atoms with Gasteiger partial charge in [0, 0.05) is 5.56 Å². The fraction of sp³-hybridized carbons (Fsp3) is 0.0667. The van der Waals surface area contributed by atoms with E-state index in [2.05, 4.69) is 17.5 Å². The van der Waals surface area contributed by atoms with Gasteiger partial charge < -0.3 is 10.1 Å². The van der Waals surface area contributed by atoms with E-state index >= 15 is 0 Å². The third-order valence-electron chi connectivity index (χ3n) is 2.77. The van der Waals surface area contributed by atoms with Crippen LogP contribution in [0.5, 0.6) is 11.5 Å². The van der Waals surface area contributed by atoms with E-state index in [-0.39, 0.29) is 0 Å². The molecular formula is C15H13NO. The summed E-state index contributed by atoms with van der Waals surface area (Å²) in [6.07, 6.45) is 4.10. The quantitative estimate of drug-likeness (QED) is 0.652. The monoisotopic (exact) mass is 223 g/mol. The topological polar surface area (TPSA) is 21.3 Å². The molecule has 0 unspecified atom stereocenters. The predicted octanol–water partition coefficient (Wildman–Crippen LogP) is 4.57. The molecule has 2 heteroatoms. The van der Waals surface area contributed by atoms with Gasteiger partial charge in [0.1, 0.15) is 0 Å². The van der Waals surface area contributed by atoms with Crippen molar-refractivity contribution in [2.24, 2.45) is 0 Å². The maximum atomic E-state index is 5.87. The van der Waals surface area contributed by atoms with E-state index in [1.165, 1.54) is 0 Å². The fourth-order valence-corrected chi connectivity index (χ4v) is 2.00. The van der Waals surface area contributed by atoms with Crippen LogP contribution in [0.1, 0.15) is 12.5 Å². The Kier molecular flexibility index (Phi) is 2.33. The summed E-state index contributed by atoms with van der Waals surface area (Å²) in [7, 11) is 0. The Hall–Kier alpha value is -2.22. The number of nitrogens with one attached hydrogen (secondary N) is 1. The van der Waals surface area contributed by atoms with Crippen molar-refractivity contribution in [2.45, 2.75) is 6.92 Å². The molecule has 1 aliphatic heterocycles. The molecule has 0 saturated heterocycles. The normalized spacial score (nSPS) is 12.5. The average molecular weight is 223 g/mol. The van der Waals surface area contributed by atoms with Crippen LogP contribution in [0, 0.1) is 0 Å². The van der Waals surface area contributed by atoms with Crippen LogP contribution in [0.25, 0.3) is 6.08 Å². The maximum absolute atomic E-state index is 5.87. The van der Waals surface area contributed by atoms with Crippen molar-refractivity contribution in [3.63, 3.8) is 0 Å². The van der Waals surface area contributed by atoms with Crippen LogP contribution in [0.4, 0.5) is 11.4 Å². The lowest BCUT2D eigenvalue weighted by atomic mass is 10.1. The van der Waals surface area contributed by atoms with E-state index in [1.807, 2.05) is 49.4 Å². The second kappa shape index (κ2) is 3.98. The van der Waals surface area contributed by atoms with Gasteiger partial charge in [0.05, 0.1) is 11.4 Å². The summed E-state index contributed by atoms with van der Waals surface area (Å²) < 4.78 is 5.87. The highest BCUT2D eigenvalue weighted by Gasteiger charge is 2.17. The van der Waals surface area contributed by atoms with Gasteiger partial charge in [-0.15, -0.1) is 0 Å². The lowest BCUT2D eigenvalue weighted by Crippen LogP contribution is -2.03. The van der Waals surface area contributed by atoms with Crippen LogP contribution in [0.15, 0.2) is 48.5 Å². The number of rotatable bonds is 1. The summed E-state index contributed by atoms with van der Waals surface area (Å²) in [6, 6.07) is 14.0. The maximum Gasteiger partial charge on any atom is 0.151 e. The molecule has 0 spiro atoms. The number of hydrogen-bond acceptors (Lipinski definition) is 2. The van der Waals surface area contributed by atoms with Crippen molar-refractivity contribution in [1.82, 2.24) is 0 Å². The molecular weight excluding hydrogens is 210 g/mol. The summed E-state index contributed by atoms with van der Waals surface area (Å²) in [4.78, 5) is 0. The Balaban J connectivity index is 2.11. The molecule has 0 radical (unpaired) electrons. The molecule has 0 atom stereocenters. The van der Waals surface area contributed by atoms with E-state index in [0.29, 0.717) is 0 Å². The number of hydrogen-bond donors (Lipinski definition) is 1. The summed E-state index contributed by atoms with van der Waals surface area (Å²) >= 11 is 0. The smallest absolute Gasteiger partial charge is 0.151 e. The number of anilines is 2. The largest absolute Gasteiger partial charge is 0.453 e. The SMILES string of the molecule is C/C=C\c1cccc2c1Nc1ccccc1O2. The van der Waals surface area contributed by atoms with Crippen molar-refractivity contribution >= 4 is 17.5 Å². The van der Waals surface area contributed by atoms with Crippen LogP contribution in [0.2, 0.25) is 0 Å². The summed E-state index contributed by atoms with van der Waals surface area (Å²) in [5.74, 6) is 1.75. The molecule has 0 aliphatic carbocycles. The molecule has 1 aliphatic rings. The highest BCUT2D eigenvalue weighted by Crippen LogP contribution is 2.43. The van der Waals surface area contributed by atoms with Gasteiger partial charge in [-0.1, -0.05) is 36.4 Å². The lowest BCUT2D eigenvalue weighted by molar-refractivity contribution is 0.481. The Morgan fingerprint density at radius 2 is 1.82 bits per heavy atom. The number of para-hydroxylation sites is 3. The number of fused-ring (bicyclic) bond motifs is 2. The molecule has 2 aromatic rings. The zero-order valence-electron chi connectivity index (χ0n) is 9.60. The first-order valence-corrected chi connectivity index (χ1v) is 5.68. The minimum Gasteiger partial charge on any atom is -0.453 e. The third-order valence-corrected chi connectivity index (χ3v) is 2.77. The molecule has 0 fully saturated rings. The molecule has 0 amide bonds. The van der Waals surface area contributed by atoms with Gasteiger partial charge in [0.2, 0.25) is 0 Å². The van der Waals surface area contributed by atoms with Gasteiger partial charge in [-0.3, -0.25) is 0 Å². The molecule has 0 bridgehead atoms. The first kappa shape index (κ1) is 9.97. The number of ether oxygens (including phenoxy) is 1. The van der Waals surface area contributed by atoms with Crippen molar-refractivity contribution in [2.75, 3.05) is 5.32 Å². The van der Waals surface area contributed by atoms with Crippen LogP contribution in [-0.4, -0.2) is 0 Å². The zero-order chi connectivity index (χ0) is 11.7. The summed E-state index contributed by atoms with van der Waals surface area (Å²) in [5, 5.41) is 3.42. The van der Waals surface area contributed by atoms with Crippen molar-refractivity contribution in [3.8, 4) is 11.5 Å². The molecule has 84 valence electrons. The highest BCUT2D eigenvalue weighted by atomic mass is 16.5. The Morgan fingerprint density at radius 3 is 2.71 bits per heavy atom. The number of benzene rings is 2. The lowest BCUT2D eigenvalue weighted by Gasteiger charge is -2.23. The van der Waals surface area contributed by atoms with Crippen LogP contribution in [-0.2, 0) is 0 Å². The van der Waals surface area contributed by atoms with E-state index in [4.69, 9.17) is 4.74 Å². The minimum absolute atomic E-state index is 0.873. The van der Waals surface area contributed by atoms with Crippen LogP contribution < -0.4 is 10.1 Å². The van der Waals surface area contributed by atoms with E-state index in [1.54, 1.807) is 0 Å². The molecule has 2 aromatic carbocycles. The first-order chi connectivity index (χ1) is 8.38. The molecule has 3 rings (SSSR count). The van der Waals surface area contributed by atoms with Crippen LogP contribution in [0.3, 0.4) is 0 Å². The van der Waals surface area contributed by atoms with Gasteiger partial charge in [-0.25, -0.2) is 0 Å². The second-order valence-electron chi connectivity index (χ2n) is 3.94. The predicted molar refractivity (Wildman–Crippen MR) is 70.9 cm³/mol. The molecule has 1 heterocycles. The molecule has 1 N–H and O–H groups in total. The third kappa shape index (κ3) is 1.68. The summed E-state index contributed by atoms with van der Waals surface area (Å²) in [6.45, 7) is 2.01. The molecule has 0 saturated carbocycles. The van der Waals surface area contributed by atoms with Gasteiger partial charge in [-0.2, -0.15) is 0 Å². The van der Waals surface area contributed by atoms with Crippen molar-refractivity contribution < 1.29 is 4.74 Å². The Labute approximate surface area is 101 Å². The molecule has 2 nitrogen and oxygen atoms in total. The van der Waals surface area contributed by atoms with Crippen LogP contribution >= 0.6 is 0 Å². The molecule has 17 heavy (non-hydrogen) atoms. The summed E-state index contributed by atoms with van der Waals surface area (Å²) in [5.41, 5.74) is 3.18. The molecule has 0 aromatic heterocycles. The second-order valence-corrected chi connectivity index (χ2v) is 3.94. The van der Waals surface area contributed by atoms with E-state index in [0.717, 1.165) is 28.4 Å². The minimum atomic E-state index is 0.873. The Morgan fingerprint density at radius 1 is 1.00 bits per heavy atom. The van der Waals surface area contributed by atoms with Gasteiger partial charge in [0.15, 0.2) is 11.5 Å². The Bertz CT molecular complexity index is 587. The van der Waals surface area contributed by atoms with Gasteiger partial charge in [0.25, 0.3) is 0 Å². The van der Waals surface area contributed by atoms with E-state index < -0.39 is 0 Å². The van der Waals surface area contributed by atoms with Gasteiger partial charge >= 0.3 is 0 Å². The fourth-order valence-electron chi connectivity index (χ4n) is 2.00. The van der Waals surface area contributed by atoms with E-state index in [9.17, 15) is 0 Å². The standard InChI is InChI=1S/C15H13NO/c1-2-6-11-7-5-10-14-15(11)16-12-8-3-4-9-13(12)17-14/h2-10,16H,1H3/b6-2-. The zero-order valence-corrected chi connectivity index (χ0v) is 9.60. The van der Waals surface area contributed by atoms with Gasteiger partial charge in [-0.05, 0) is 25.1 Å². The highest BCUT2D eigenvalue weighted by molar-refractivity contribution is 5.82. The number of allylic oxidation sites excluding steroid dienone is 1. The first-order valence-electron chi connectivity index (χ1n) is 5.68.